The zero-order valence-electron chi connectivity index (χ0n) is 14.9. The topological polar surface area (TPSA) is 102 Å². The van der Waals surface area contributed by atoms with Gasteiger partial charge in [0.05, 0.1) is 21.2 Å². The van der Waals surface area contributed by atoms with Crippen LogP contribution in [0.25, 0.3) is 0 Å². The number of ether oxygens (including phenoxy) is 1. The molecule has 3 aromatic rings. The highest BCUT2D eigenvalue weighted by Crippen LogP contribution is 2.22. The highest BCUT2D eigenvalue weighted by Gasteiger charge is 2.16. The number of nitrogens with zero attached hydrogens (tertiary/aromatic N) is 1. The molecule has 7 nitrogen and oxygen atoms in total. The Labute approximate surface area is 164 Å². The van der Waals surface area contributed by atoms with Crippen LogP contribution >= 0.6 is 0 Å². The molecule has 0 atom stereocenters. The van der Waals surface area contributed by atoms with Crippen LogP contribution in [0.4, 0.5) is 5.69 Å². The monoisotopic (exact) mass is 418 g/mol. The number of benzene rings is 2. The molecule has 0 bridgehead atoms. The fourth-order valence-corrected chi connectivity index (χ4v) is 4.05. The number of hydrogen-bond donors (Lipinski definition) is 1. The third kappa shape index (κ3) is 5.08. The third-order valence-corrected chi connectivity index (χ3v) is 6.29. The molecule has 3 rings (SSSR count). The number of sulfone groups is 1. The Kier molecular flexibility index (Phi) is 5.66. The van der Waals surface area contributed by atoms with E-state index in [0.717, 1.165) is 11.9 Å². The molecular formula is C19H18N2O5S2. The Morgan fingerprint density at radius 2 is 1.61 bits per heavy atom. The van der Waals surface area contributed by atoms with Crippen LogP contribution in [0.15, 0.2) is 82.7 Å². The number of sulfonamides is 1. The molecule has 0 amide bonds. The summed E-state index contributed by atoms with van der Waals surface area (Å²) in [6.07, 6.45) is 2.73. The predicted molar refractivity (Wildman–Crippen MR) is 105 cm³/mol. The highest BCUT2D eigenvalue weighted by atomic mass is 32.2. The summed E-state index contributed by atoms with van der Waals surface area (Å²) in [6, 6.07) is 17.0. The highest BCUT2D eigenvalue weighted by molar-refractivity contribution is 7.92. The Morgan fingerprint density at radius 1 is 0.893 bits per heavy atom. The Balaban J connectivity index is 1.73. The molecule has 0 saturated heterocycles. The third-order valence-electron chi connectivity index (χ3n) is 3.76. The van der Waals surface area contributed by atoms with Gasteiger partial charge in [-0.25, -0.2) is 16.8 Å². The minimum Gasteiger partial charge on any atom is -0.487 e. The molecular weight excluding hydrogens is 400 g/mol. The lowest BCUT2D eigenvalue weighted by Gasteiger charge is -2.11. The normalized spacial score (nSPS) is 11.8. The Morgan fingerprint density at radius 3 is 2.25 bits per heavy atom. The summed E-state index contributed by atoms with van der Waals surface area (Å²) < 4.78 is 56.2. The van der Waals surface area contributed by atoms with Crippen LogP contribution in [0.1, 0.15) is 5.69 Å². The zero-order valence-corrected chi connectivity index (χ0v) is 16.6. The molecule has 146 valence electrons. The van der Waals surface area contributed by atoms with E-state index in [1.807, 2.05) is 12.1 Å². The van der Waals surface area contributed by atoms with Gasteiger partial charge in [-0.3, -0.25) is 9.71 Å². The van der Waals surface area contributed by atoms with E-state index in [4.69, 9.17) is 4.74 Å². The number of hydrogen-bond acceptors (Lipinski definition) is 6. The van der Waals surface area contributed by atoms with Crippen LogP contribution in [0, 0.1) is 0 Å². The maximum atomic E-state index is 12.5. The van der Waals surface area contributed by atoms with Crippen molar-refractivity contribution < 1.29 is 21.6 Å². The van der Waals surface area contributed by atoms with Crippen molar-refractivity contribution in [3.05, 3.63) is 78.6 Å². The lowest BCUT2D eigenvalue weighted by Crippen LogP contribution is -2.13. The molecule has 1 aromatic heterocycles. The van der Waals surface area contributed by atoms with Gasteiger partial charge in [0.25, 0.3) is 10.0 Å². The number of aromatic nitrogens is 1. The van der Waals surface area contributed by atoms with Gasteiger partial charge in [0.1, 0.15) is 12.4 Å². The van der Waals surface area contributed by atoms with E-state index in [2.05, 4.69) is 9.71 Å². The fraction of sp³-hybridized carbons (Fsp3) is 0.105. The molecule has 0 saturated carbocycles. The smallest absolute Gasteiger partial charge is 0.261 e. The van der Waals surface area contributed by atoms with Gasteiger partial charge < -0.3 is 4.74 Å². The number of anilines is 1. The molecule has 9 heteroatoms. The molecule has 0 fully saturated rings. The van der Waals surface area contributed by atoms with Gasteiger partial charge in [-0.15, -0.1) is 0 Å². The Bertz CT molecular complexity index is 1160. The first-order valence-corrected chi connectivity index (χ1v) is 11.6. The second kappa shape index (κ2) is 7.99. The van der Waals surface area contributed by atoms with Crippen molar-refractivity contribution in [2.45, 2.75) is 16.4 Å². The minimum atomic E-state index is -3.87. The molecule has 1 N–H and O–H groups in total. The van der Waals surface area contributed by atoms with Crippen LogP contribution < -0.4 is 9.46 Å². The zero-order chi connectivity index (χ0) is 20.2. The fourth-order valence-electron chi connectivity index (χ4n) is 2.37. The van der Waals surface area contributed by atoms with Crippen molar-refractivity contribution >= 4 is 25.5 Å². The first-order chi connectivity index (χ1) is 13.2. The van der Waals surface area contributed by atoms with Crippen molar-refractivity contribution in [2.24, 2.45) is 0 Å². The SMILES string of the molecule is CS(=O)(=O)c1ccc(S(=O)(=O)Nc2cccc(OCc3ccccn3)c2)cc1. The molecule has 2 aromatic carbocycles. The van der Waals surface area contributed by atoms with Gasteiger partial charge in [0, 0.05) is 18.5 Å². The Hall–Kier alpha value is -2.91. The first kappa shape index (κ1) is 19.8. The molecule has 0 spiro atoms. The first-order valence-electron chi connectivity index (χ1n) is 8.20. The van der Waals surface area contributed by atoms with Crippen LogP contribution in [0.3, 0.4) is 0 Å². The van der Waals surface area contributed by atoms with Gasteiger partial charge in [-0.1, -0.05) is 12.1 Å². The molecule has 1 heterocycles. The van der Waals surface area contributed by atoms with Crippen molar-refractivity contribution in [1.29, 1.82) is 0 Å². The van der Waals surface area contributed by atoms with E-state index < -0.39 is 19.9 Å². The van der Waals surface area contributed by atoms with Gasteiger partial charge >= 0.3 is 0 Å². The largest absolute Gasteiger partial charge is 0.487 e. The van der Waals surface area contributed by atoms with Crippen LogP contribution in [0.5, 0.6) is 5.75 Å². The maximum absolute atomic E-state index is 12.5. The molecule has 0 aliphatic carbocycles. The summed E-state index contributed by atoms with van der Waals surface area (Å²) >= 11 is 0. The van der Waals surface area contributed by atoms with E-state index >= 15 is 0 Å². The van der Waals surface area contributed by atoms with Crippen molar-refractivity contribution in [3.63, 3.8) is 0 Å². The van der Waals surface area contributed by atoms with Gasteiger partial charge in [-0.05, 0) is 48.5 Å². The van der Waals surface area contributed by atoms with Gasteiger partial charge in [-0.2, -0.15) is 0 Å². The molecule has 0 unspecified atom stereocenters. The number of pyridine rings is 1. The maximum Gasteiger partial charge on any atom is 0.261 e. The quantitative estimate of drug-likeness (QED) is 0.633. The number of rotatable bonds is 7. The minimum absolute atomic E-state index is 0.0419. The molecule has 28 heavy (non-hydrogen) atoms. The summed E-state index contributed by atoms with van der Waals surface area (Å²) in [6.45, 7) is 0.254. The van der Waals surface area contributed by atoms with Gasteiger partial charge in [0.2, 0.25) is 0 Å². The van der Waals surface area contributed by atoms with E-state index in [9.17, 15) is 16.8 Å². The summed E-state index contributed by atoms with van der Waals surface area (Å²) in [5, 5.41) is 0. The summed E-state index contributed by atoms with van der Waals surface area (Å²) in [5.41, 5.74) is 1.07. The van der Waals surface area contributed by atoms with Crippen LogP contribution in [0.2, 0.25) is 0 Å². The van der Waals surface area contributed by atoms with Crippen LogP contribution in [-0.2, 0) is 26.5 Å². The van der Waals surface area contributed by atoms with Crippen molar-refractivity contribution in [1.82, 2.24) is 4.98 Å². The lowest BCUT2D eigenvalue weighted by atomic mass is 10.3. The molecule has 0 aliphatic heterocycles. The predicted octanol–water partition coefficient (Wildman–Crippen LogP) is 2.86. The van der Waals surface area contributed by atoms with E-state index in [1.54, 1.807) is 36.5 Å². The second-order valence-electron chi connectivity index (χ2n) is 5.99. The lowest BCUT2D eigenvalue weighted by molar-refractivity contribution is 0.301. The average Bonchev–Trinajstić information content (AvgIpc) is 2.67. The average molecular weight is 418 g/mol. The summed E-state index contributed by atoms with van der Waals surface area (Å²) in [5.74, 6) is 0.485. The standard InChI is InChI=1S/C19H18N2O5S2/c1-27(22,23)18-8-10-19(11-9-18)28(24,25)21-15-6-4-7-17(13-15)26-14-16-5-2-3-12-20-16/h2-13,21H,14H2,1H3. The molecule has 0 radical (unpaired) electrons. The van der Waals surface area contributed by atoms with Crippen molar-refractivity contribution in [3.8, 4) is 5.75 Å². The van der Waals surface area contributed by atoms with E-state index in [1.165, 1.54) is 24.3 Å². The second-order valence-corrected chi connectivity index (χ2v) is 9.68. The van der Waals surface area contributed by atoms with Crippen LogP contribution in [-0.4, -0.2) is 28.1 Å². The summed E-state index contributed by atoms with van der Waals surface area (Å²) in [4.78, 5) is 4.17. The summed E-state index contributed by atoms with van der Waals surface area (Å²) in [7, 11) is -7.27. The van der Waals surface area contributed by atoms with Crippen molar-refractivity contribution in [2.75, 3.05) is 11.0 Å². The molecule has 0 aliphatic rings. The number of nitrogens with one attached hydrogen (secondary N) is 1. The van der Waals surface area contributed by atoms with Gasteiger partial charge in [0.15, 0.2) is 9.84 Å². The van der Waals surface area contributed by atoms with E-state index in [0.29, 0.717) is 11.4 Å². The van der Waals surface area contributed by atoms with E-state index in [-0.39, 0.29) is 16.4 Å².